The Balaban J connectivity index is 1.35. The van der Waals surface area contributed by atoms with Crippen LogP contribution in [0, 0.1) is 29.0 Å². The fourth-order valence-corrected chi connectivity index (χ4v) is 4.94. The lowest BCUT2D eigenvalue weighted by atomic mass is 10.1. The molecule has 192 valence electrons. The Kier molecular flexibility index (Phi) is 7.83. The molecule has 4 aromatic carbocycles. The molecule has 0 aliphatic heterocycles. The average Bonchev–Trinajstić information content (AvgIpc) is 3.46. The van der Waals surface area contributed by atoms with Crippen LogP contribution in [0.1, 0.15) is 16.0 Å². The number of anilines is 3. The molecule has 6 heteroatoms. The topological polar surface area (TPSA) is 64.3 Å². The second-order valence-corrected chi connectivity index (χ2v) is 9.76. The van der Waals surface area contributed by atoms with Crippen LogP contribution < -0.4 is 4.90 Å². The first-order chi connectivity index (χ1) is 19.5. The second-order valence-electron chi connectivity index (χ2n) is 8.68. The maximum atomic E-state index is 14.6. The number of benzene rings is 4. The van der Waals surface area contributed by atoms with Crippen molar-refractivity contribution in [3.8, 4) is 28.4 Å². The highest BCUT2D eigenvalue weighted by atomic mass is 32.1. The summed E-state index contributed by atoms with van der Waals surface area (Å²) in [6.45, 7) is 0. The van der Waals surface area contributed by atoms with Crippen molar-refractivity contribution >= 4 is 40.4 Å². The molecule has 0 aliphatic rings. The van der Waals surface area contributed by atoms with E-state index in [1.54, 1.807) is 12.1 Å². The Morgan fingerprint density at radius 1 is 0.800 bits per heavy atom. The molecular weight excluding hydrogens is 519 g/mol. The van der Waals surface area contributed by atoms with Gasteiger partial charge in [-0.2, -0.15) is 5.26 Å². The first-order valence-electron chi connectivity index (χ1n) is 12.3. The molecule has 5 aromatic rings. The summed E-state index contributed by atoms with van der Waals surface area (Å²) in [4.78, 5) is 14.9. The van der Waals surface area contributed by atoms with E-state index in [2.05, 4.69) is 41.0 Å². The predicted molar refractivity (Wildman–Crippen MR) is 158 cm³/mol. The first-order valence-corrected chi connectivity index (χ1v) is 13.1. The van der Waals surface area contributed by atoms with E-state index in [0.717, 1.165) is 38.5 Å². The molecule has 0 atom stereocenters. The number of carbonyl (C=O) groups is 1. The molecule has 5 rings (SSSR count). The number of carboxylic acids is 1. The smallest absolute Gasteiger partial charge is 0.346 e. The molecule has 0 saturated heterocycles. The largest absolute Gasteiger partial charge is 0.477 e. The van der Waals surface area contributed by atoms with Crippen molar-refractivity contribution in [1.29, 1.82) is 5.26 Å². The van der Waals surface area contributed by atoms with E-state index in [9.17, 15) is 9.18 Å². The molecule has 4 nitrogen and oxygen atoms in total. The third-order valence-electron chi connectivity index (χ3n) is 6.03. The van der Waals surface area contributed by atoms with Gasteiger partial charge in [-0.25, -0.2) is 9.18 Å². The lowest BCUT2D eigenvalue weighted by molar-refractivity contribution is -0.132. The van der Waals surface area contributed by atoms with E-state index >= 15 is 0 Å². The van der Waals surface area contributed by atoms with E-state index in [1.165, 1.54) is 23.5 Å². The highest BCUT2D eigenvalue weighted by molar-refractivity contribution is 7.16. The Hall–Kier alpha value is -5.43. The van der Waals surface area contributed by atoms with Crippen molar-refractivity contribution in [2.75, 3.05) is 4.90 Å². The number of para-hydroxylation sites is 2. The van der Waals surface area contributed by atoms with E-state index in [0.29, 0.717) is 5.56 Å². The lowest BCUT2D eigenvalue weighted by Crippen LogP contribution is -2.09. The Morgan fingerprint density at radius 3 is 2.00 bits per heavy atom. The summed E-state index contributed by atoms with van der Waals surface area (Å²) >= 11 is 1.44. The number of aliphatic carboxylic acids is 1. The van der Waals surface area contributed by atoms with Gasteiger partial charge in [-0.05, 0) is 78.4 Å². The number of halogens is 1. The van der Waals surface area contributed by atoms with Crippen molar-refractivity contribution in [3.63, 3.8) is 0 Å². The summed E-state index contributed by atoms with van der Waals surface area (Å²) in [5.41, 5.74) is 4.17. The van der Waals surface area contributed by atoms with Gasteiger partial charge in [0.2, 0.25) is 0 Å². The van der Waals surface area contributed by atoms with Crippen LogP contribution in [0.3, 0.4) is 0 Å². The van der Waals surface area contributed by atoms with E-state index in [-0.39, 0.29) is 5.56 Å². The maximum absolute atomic E-state index is 14.6. The molecule has 40 heavy (non-hydrogen) atoms. The monoisotopic (exact) mass is 540 g/mol. The van der Waals surface area contributed by atoms with Gasteiger partial charge >= 0.3 is 5.97 Å². The van der Waals surface area contributed by atoms with Crippen LogP contribution in [0.2, 0.25) is 0 Å². The molecular formula is C34H21FN2O2S. The maximum Gasteiger partial charge on any atom is 0.346 e. The normalized spacial score (nSPS) is 10.8. The van der Waals surface area contributed by atoms with Crippen molar-refractivity contribution in [3.05, 3.63) is 143 Å². The fraction of sp³-hybridized carbons (Fsp3) is 0. The van der Waals surface area contributed by atoms with Crippen molar-refractivity contribution < 1.29 is 14.3 Å². The van der Waals surface area contributed by atoms with Gasteiger partial charge in [0.1, 0.15) is 17.5 Å². The highest BCUT2D eigenvalue weighted by Gasteiger charge is 2.12. The molecule has 0 radical (unpaired) electrons. The number of rotatable bonds is 6. The van der Waals surface area contributed by atoms with Crippen molar-refractivity contribution in [1.82, 2.24) is 0 Å². The fourth-order valence-electron chi connectivity index (χ4n) is 4.08. The minimum absolute atomic E-state index is 0.0424. The van der Waals surface area contributed by atoms with Gasteiger partial charge in [-0.15, -0.1) is 11.3 Å². The molecule has 0 amide bonds. The number of hydrogen-bond acceptors (Lipinski definition) is 4. The van der Waals surface area contributed by atoms with Gasteiger partial charge in [0, 0.05) is 33.1 Å². The zero-order chi connectivity index (χ0) is 27.9. The van der Waals surface area contributed by atoms with Crippen LogP contribution in [-0.2, 0) is 4.79 Å². The average molecular weight is 541 g/mol. The Morgan fingerprint density at radius 2 is 1.43 bits per heavy atom. The standard InChI is InChI=1S/C34H21FN2O2S/c35-32-22-26(15-14-25(32)21-27(23-36)34(38)39)33-20-19-31(40-33)18-13-24-11-16-30(17-12-24)37(28-7-3-1-4-8-28)29-9-5-2-6-10-29/h1-12,14-17,19-22H,(H,38,39). The zero-order valence-corrected chi connectivity index (χ0v) is 21.9. The van der Waals surface area contributed by atoms with Crippen LogP contribution in [0.15, 0.2) is 121 Å². The summed E-state index contributed by atoms with van der Waals surface area (Å²) in [5, 5.41) is 17.9. The number of nitriles is 1. The lowest BCUT2D eigenvalue weighted by Gasteiger charge is -2.25. The molecule has 0 aliphatic carbocycles. The predicted octanol–water partition coefficient (Wildman–Crippen LogP) is 8.42. The third kappa shape index (κ3) is 6.00. The summed E-state index contributed by atoms with van der Waals surface area (Å²) in [7, 11) is 0. The molecule has 1 aromatic heterocycles. The van der Waals surface area contributed by atoms with Gasteiger partial charge in [0.25, 0.3) is 0 Å². The highest BCUT2D eigenvalue weighted by Crippen LogP contribution is 2.34. The summed E-state index contributed by atoms with van der Waals surface area (Å²) in [5.74, 6) is 4.39. The van der Waals surface area contributed by atoms with Crippen LogP contribution in [-0.4, -0.2) is 11.1 Å². The number of hydrogen-bond donors (Lipinski definition) is 1. The Labute approximate surface area is 235 Å². The third-order valence-corrected chi connectivity index (χ3v) is 7.08. The van der Waals surface area contributed by atoms with E-state index in [1.807, 2.05) is 72.8 Å². The first kappa shape index (κ1) is 26.2. The van der Waals surface area contributed by atoms with E-state index < -0.39 is 17.4 Å². The summed E-state index contributed by atoms with van der Waals surface area (Å²) < 4.78 is 14.6. The van der Waals surface area contributed by atoms with Gasteiger partial charge < -0.3 is 10.0 Å². The van der Waals surface area contributed by atoms with Crippen LogP contribution in [0.4, 0.5) is 21.5 Å². The zero-order valence-electron chi connectivity index (χ0n) is 21.1. The van der Waals surface area contributed by atoms with E-state index in [4.69, 9.17) is 10.4 Å². The molecule has 0 fully saturated rings. The molecule has 0 bridgehead atoms. The SMILES string of the molecule is N#CC(=Cc1ccc(-c2ccc(C#Cc3ccc(N(c4ccccc4)c4ccccc4)cc3)s2)cc1F)C(=O)O. The van der Waals surface area contributed by atoms with Crippen LogP contribution >= 0.6 is 11.3 Å². The molecule has 1 N–H and O–H groups in total. The minimum Gasteiger partial charge on any atom is -0.477 e. The van der Waals surface area contributed by atoms with Crippen molar-refractivity contribution in [2.45, 2.75) is 0 Å². The summed E-state index contributed by atoms with van der Waals surface area (Å²) in [6, 6.07) is 38.2. The Bertz CT molecular complexity index is 1750. The number of carboxylic acid groups (broad SMARTS) is 1. The quantitative estimate of drug-likeness (QED) is 0.133. The molecule has 0 unspecified atom stereocenters. The number of thiophene rings is 1. The van der Waals surface area contributed by atoms with Crippen LogP contribution in [0.25, 0.3) is 16.5 Å². The van der Waals surface area contributed by atoms with Gasteiger partial charge in [-0.3, -0.25) is 0 Å². The van der Waals surface area contributed by atoms with Gasteiger partial charge in [0.15, 0.2) is 0 Å². The van der Waals surface area contributed by atoms with Gasteiger partial charge in [-0.1, -0.05) is 60.4 Å². The molecule has 0 spiro atoms. The van der Waals surface area contributed by atoms with Crippen LogP contribution in [0.5, 0.6) is 0 Å². The number of nitrogens with zero attached hydrogens (tertiary/aromatic N) is 2. The molecule has 0 saturated carbocycles. The minimum atomic E-state index is -1.40. The van der Waals surface area contributed by atoms with Gasteiger partial charge in [0.05, 0.1) is 4.88 Å². The summed E-state index contributed by atoms with van der Waals surface area (Å²) in [6.07, 6.45) is 1.02. The van der Waals surface area contributed by atoms with Crippen molar-refractivity contribution in [2.24, 2.45) is 0 Å². The second kappa shape index (κ2) is 12.0. The molecule has 1 heterocycles.